The van der Waals surface area contributed by atoms with E-state index in [9.17, 15) is 4.79 Å². The Labute approximate surface area is 107 Å². The van der Waals surface area contributed by atoms with Crippen molar-refractivity contribution in [1.82, 2.24) is 4.90 Å². The molecule has 0 N–H and O–H groups in total. The van der Waals surface area contributed by atoms with Crippen molar-refractivity contribution in [2.75, 3.05) is 31.1 Å². The monoisotopic (exact) mass is 246 g/mol. The van der Waals surface area contributed by atoms with E-state index >= 15 is 0 Å². The van der Waals surface area contributed by atoms with Crippen LogP contribution in [0, 0.1) is 0 Å². The van der Waals surface area contributed by atoms with Gasteiger partial charge in [0.1, 0.15) is 6.61 Å². The fraction of sp³-hybridized carbons (Fsp3) is 0.500. The number of cyclic esters (lactones) is 1. The molecule has 96 valence electrons. The van der Waals surface area contributed by atoms with Crippen molar-refractivity contribution >= 4 is 11.8 Å². The van der Waals surface area contributed by atoms with E-state index in [0.29, 0.717) is 12.6 Å². The van der Waals surface area contributed by atoms with Crippen molar-refractivity contribution in [3.05, 3.63) is 30.3 Å². The van der Waals surface area contributed by atoms with Crippen molar-refractivity contribution in [2.24, 2.45) is 0 Å². The third-order valence-corrected chi connectivity index (χ3v) is 3.82. The van der Waals surface area contributed by atoms with Crippen LogP contribution in [0.2, 0.25) is 0 Å². The highest BCUT2D eigenvalue weighted by atomic mass is 16.6. The van der Waals surface area contributed by atoms with Crippen molar-refractivity contribution in [1.29, 1.82) is 0 Å². The average molecular weight is 246 g/mol. The molecule has 0 unspecified atom stereocenters. The molecule has 1 aromatic carbocycles. The first kappa shape index (κ1) is 11.4. The summed E-state index contributed by atoms with van der Waals surface area (Å²) in [4.78, 5) is 15.8. The summed E-state index contributed by atoms with van der Waals surface area (Å²) < 4.78 is 5.00. The van der Waals surface area contributed by atoms with Gasteiger partial charge in [-0.1, -0.05) is 18.2 Å². The predicted molar refractivity (Wildman–Crippen MR) is 69.7 cm³/mol. The maximum atomic E-state index is 11.5. The van der Waals surface area contributed by atoms with Gasteiger partial charge in [0.2, 0.25) is 0 Å². The Morgan fingerprint density at radius 2 is 1.78 bits per heavy atom. The van der Waals surface area contributed by atoms with Gasteiger partial charge in [0, 0.05) is 24.8 Å². The van der Waals surface area contributed by atoms with E-state index in [1.54, 1.807) is 0 Å². The molecule has 1 aromatic rings. The first-order chi connectivity index (χ1) is 8.84. The van der Waals surface area contributed by atoms with Crippen molar-refractivity contribution < 1.29 is 9.53 Å². The van der Waals surface area contributed by atoms with Crippen LogP contribution >= 0.6 is 0 Å². The van der Waals surface area contributed by atoms with E-state index in [1.165, 1.54) is 5.69 Å². The minimum Gasteiger partial charge on any atom is -0.448 e. The van der Waals surface area contributed by atoms with Gasteiger partial charge >= 0.3 is 6.09 Å². The summed E-state index contributed by atoms with van der Waals surface area (Å²) in [5.41, 5.74) is 1.28. The second-order valence-corrected chi connectivity index (χ2v) is 4.86. The number of rotatable bonds is 2. The van der Waals surface area contributed by atoms with Gasteiger partial charge in [-0.15, -0.1) is 0 Å². The molecule has 2 aliphatic rings. The highest BCUT2D eigenvalue weighted by Crippen LogP contribution is 2.23. The van der Waals surface area contributed by atoms with Crippen LogP contribution < -0.4 is 4.90 Å². The lowest BCUT2D eigenvalue weighted by Crippen LogP contribution is -2.45. The molecule has 1 amide bonds. The molecule has 0 saturated carbocycles. The number of anilines is 1. The van der Waals surface area contributed by atoms with Gasteiger partial charge in [0.25, 0.3) is 0 Å². The Hall–Kier alpha value is -1.71. The summed E-state index contributed by atoms with van der Waals surface area (Å²) in [6.07, 6.45) is 1.93. The largest absolute Gasteiger partial charge is 0.448 e. The molecule has 0 spiro atoms. The normalized spacial score (nSPS) is 21.2. The number of ether oxygens (including phenoxy) is 1. The van der Waals surface area contributed by atoms with E-state index < -0.39 is 0 Å². The number of nitrogens with zero attached hydrogens (tertiary/aromatic N) is 2. The zero-order valence-electron chi connectivity index (χ0n) is 10.4. The van der Waals surface area contributed by atoms with E-state index in [1.807, 2.05) is 11.0 Å². The second kappa shape index (κ2) is 4.88. The third-order valence-electron chi connectivity index (χ3n) is 3.82. The van der Waals surface area contributed by atoms with Gasteiger partial charge in [-0.3, -0.25) is 0 Å². The molecular formula is C14H18N2O2. The lowest BCUT2D eigenvalue weighted by Gasteiger charge is -2.36. The molecule has 2 aliphatic heterocycles. The number of hydrogen-bond donors (Lipinski definition) is 0. The molecule has 2 fully saturated rings. The van der Waals surface area contributed by atoms with Crippen LogP contribution in [0.5, 0.6) is 0 Å². The SMILES string of the molecule is O=C1OCCN1C1CCN(c2ccccc2)CC1. The quantitative estimate of drug-likeness (QED) is 0.801. The standard InChI is InChI=1S/C14H18N2O2/c17-14-16(10-11-18-14)13-6-8-15(9-7-13)12-4-2-1-3-5-12/h1-5,13H,6-11H2. The van der Waals surface area contributed by atoms with Crippen LogP contribution in [0.1, 0.15) is 12.8 Å². The Morgan fingerprint density at radius 3 is 2.39 bits per heavy atom. The molecule has 18 heavy (non-hydrogen) atoms. The number of para-hydroxylation sites is 1. The molecule has 4 nitrogen and oxygen atoms in total. The number of hydrogen-bond acceptors (Lipinski definition) is 3. The molecule has 2 heterocycles. The highest BCUT2D eigenvalue weighted by molar-refractivity contribution is 5.69. The van der Waals surface area contributed by atoms with E-state index in [-0.39, 0.29) is 6.09 Å². The van der Waals surface area contributed by atoms with Crippen molar-refractivity contribution in [3.63, 3.8) is 0 Å². The molecule has 4 heteroatoms. The lowest BCUT2D eigenvalue weighted by molar-refractivity contribution is 0.142. The zero-order chi connectivity index (χ0) is 12.4. The summed E-state index contributed by atoms with van der Waals surface area (Å²) in [7, 11) is 0. The molecule has 0 radical (unpaired) electrons. The molecular weight excluding hydrogens is 228 g/mol. The fourth-order valence-corrected chi connectivity index (χ4v) is 2.81. The van der Waals surface area contributed by atoms with Crippen LogP contribution in [-0.4, -0.2) is 43.3 Å². The number of piperidine rings is 1. The minimum atomic E-state index is -0.131. The minimum absolute atomic E-state index is 0.131. The molecule has 0 aromatic heterocycles. The summed E-state index contributed by atoms with van der Waals surface area (Å²) in [6, 6.07) is 10.8. The fourth-order valence-electron chi connectivity index (χ4n) is 2.81. The van der Waals surface area contributed by atoms with Crippen LogP contribution in [0.25, 0.3) is 0 Å². The van der Waals surface area contributed by atoms with E-state index in [0.717, 1.165) is 32.5 Å². The lowest BCUT2D eigenvalue weighted by atomic mass is 10.0. The molecule has 0 atom stereocenters. The van der Waals surface area contributed by atoms with Gasteiger partial charge in [-0.2, -0.15) is 0 Å². The smallest absolute Gasteiger partial charge is 0.410 e. The number of carbonyl (C=O) groups excluding carboxylic acids is 1. The Morgan fingerprint density at radius 1 is 1.06 bits per heavy atom. The van der Waals surface area contributed by atoms with Crippen LogP contribution in [0.3, 0.4) is 0 Å². The van der Waals surface area contributed by atoms with Gasteiger partial charge in [0.15, 0.2) is 0 Å². The maximum Gasteiger partial charge on any atom is 0.410 e. The van der Waals surface area contributed by atoms with Gasteiger partial charge in [-0.25, -0.2) is 4.79 Å². The first-order valence-corrected chi connectivity index (χ1v) is 6.58. The predicted octanol–water partition coefficient (Wildman–Crippen LogP) is 2.11. The van der Waals surface area contributed by atoms with Crippen molar-refractivity contribution in [3.8, 4) is 0 Å². The average Bonchev–Trinajstić information content (AvgIpc) is 2.86. The number of benzene rings is 1. The molecule has 0 bridgehead atoms. The van der Waals surface area contributed by atoms with Crippen LogP contribution in [0.4, 0.5) is 10.5 Å². The van der Waals surface area contributed by atoms with Crippen LogP contribution in [-0.2, 0) is 4.74 Å². The van der Waals surface area contributed by atoms with Gasteiger partial charge in [0.05, 0.1) is 6.54 Å². The second-order valence-electron chi connectivity index (χ2n) is 4.86. The summed E-state index contributed by atoms with van der Waals surface area (Å²) in [6.45, 7) is 3.34. The first-order valence-electron chi connectivity index (χ1n) is 6.58. The highest BCUT2D eigenvalue weighted by Gasteiger charge is 2.32. The van der Waals surface area contributed by atoms with Crippen LogP contribution in [0.15, 0.2) is 30.3 Å². The number of carbonyl (C=O) groups is 1. The molecule has 2 saturated heterocycles. The van der Waals surface area contributed by atoms with Gasteiger partial charge in [-0.05, 0) is 25.0 Å². The maximum absolute atomic E-state index is 11.5. The summed E-state index contributed by atoms with van der Waals surface area (Å²) in [5.74, 6) is 0. The Balaban J connectivity index is 1.60. The molecule has 0 aliphatic carbocycles. The Kier molecular flexibility index (Phi) is 3.09. The van der Waals surface area contributed by atoms with E-state index in [2.05, 4.69) is 29.2 Å². The topological polar surface area (TPSA) is 32.8 Å². The number of amides is 1. The Bertz CT molecular complexity index is 413. The van der Waals surface area contributed by atoms with Crippen molar-refractivity contribution in [2.45, 2.75) is 18.9 Å². The summed E-state index contributed by atoms with van der Waals surface area (Å²) in [5, 5.41) is 0. The van der Waals surface area contributed by atoms with E-state index in [4.69, 9.17) is 4.74 Å². The summed E-state index contributed by atoms with van der Waals surface area (Å²) >= 11 is 0. The zero-order valence-corrected chi connectivity index (χ0v) is 10.4. The third kappa shape index (κ3) is 2.15. The van der Waals surface area contributed by atoms with Gasteiger partial charge < -0.3 is 14.5 Å². The molecule has 3 rings (SSSR count).